The summed E-state index contributed by atoms with van der Waals surface area (Å²) < 4.78 is 7.64. The Morgan fingerprint density at radius 2 is 2.22 bits per heavy atom. The Morgan fingerprint density at radius 3 is 2.91 bits per heavy atom. The number of aromatic nitrogens is 4. The van der Waals surface area contributed by atoms with Gasteiger partial charge in [-0.15, -0.1) is 0 Å². The highest BCUT2D eigenvalue weighted by Gasteiger charge is 2.32. The molecule has 1 aliphatic rings. The third-order valence-electron chi connectivity index (χ3n) is 4.09. The van der Waals surface area contributed by atoms with E-state index in [1.54, 1.807) is 6.07 Å². The quantitative estimate of drug-likeness (QED) is 0.835. The molecule has 0 bridgehead atoms. The molecule has 0 spiro atoms. The summed E-state index contributed by atoms with van der Waals surface area (Å²) in [6.45, 7) is 7.32. The van der Waals surface area contributed by atoms with Crippen LogP contribution in [0.3, 0.4) is 0 Å². The second-order valence-corrected chi connectivity index (χ2v) is 5.54. The van der Waals surface area contributed by atoms with Crippen LogP contribution in [-0.2, 0) is 17.8 Å². The van der Waals surface area contributed by atoms with E-state index < -0.39 is 0 Å². The number of aryl methyl sites for hydroxylation is 1. The molecule has 0 aromatic carbocycles. The van der Waals surface area contributed by atoms with E-state index in [0.29, 0.717) is 31.9 Å². The van der Waals surface area contributed by atoms with Crippen molar-refractivity contribution >= 4 is 5.91 Å². The molecule has 3 rings (SSSR count). The van der Waals surface area contributed by atoms with Crippen molar-refractivity contribution in [2.24, 2.45) is 0 Å². The number of carbonyl (C=O) groups excluding carboxylic acids is 1. The maximum Gasteiger partial charge on any atom is 0.255 e. The van der Waals surface area contributed by atoms with Crippen LogP contribution in [0.5, 0.6) is 0 Å². The van der Waals surface area contributed by atoms with Crippen LogP contribution < -0.4 is 0 Å². The number of rotatable bonds is 5. The summed E-state index contributed by atoms with van der Waals surface area (Å²) in [7, 11) is 0. The lowest BCUT2D eigenvalue weighted by Gasteiger charge is -2.33. The smallest absolute Gasteiger partial charge is 0.255 e. The van der Waals surface area contributed by atoms with Crippen molar-refractivity contribution in [2.45, 2.75) is 32.9 Å². The number of nitrogens with zero attached hydrogens (tertiary/aromatic N) is 5. The summed E-state index contributed by atoms with van der Waals surface area (Å²) >= 11 is 0. The van der Waals surface area contributed by atoms with Gasteiger partial charge in [-0.2, -0.15) is 15.3 Å². The first-order valence-electron chi connectivity index (χ1n) is 7.92. The van der Waals surface area contributed by atoms with E-state index in [9.17, 15) is 4.79 Å². The van der Waals surface area contributed by atoms with Gasteiger partial charge in [-0.1, -0.05) is 0 Å². The molecular weight excluding hydrogens is 294 g/mol. The van der Waals surface area contributed by atoms with Gasteiger partial charge >= 0.3 is 0 Å². The Labute approximate surface area is 135 Å². The fraction of sp³-hybridized carbons (Fsp3) is 0.500. The van der Waals surface area contributed by atoms with Crippen LogP contribution in [0, 0.1) is 0 Å². The first kappa shape index (κ1) is 15.6. The number of carbonyl (C=O) groups is 1. The third kappa shape index (κ3) is 3.10. The molecule has 0 radical (unpaired) electrons. The highest BCUT2D eigenvalue weighted by molar-refractivity contribution is 5.94. The van der Waals surface area contributed by atoms with Crippen molar-refractivity contribution in [2.75, 3.05) is 19.8 Å². The van der Waals surface area contributed by atoms with Crippen LogP contribution in [0.25, 0.3) is 0 Å². The Balaban J connectivity index is 1.87. The lowest BCUT2D eigenvalue weighted by Crippen LogP contribution is -2.40. The van der Waals surface area contributed by atoms with Gasteiger partial charge < -0.3 is 9.64 Å². The van der Waals surface area contributed by atoms with Gasteiger partial charge in [-0.05, 0) is 19.9 Å². The van der Waals surface area contributed by atoms with Crippen LogP contribution in [-0.4, -0.2) is 50.5 Å². The monoisotopic (exact) mass is 315 g/mol. The third-order valence-corrected chi connectivity index (χ3v) is 4.09. The van der Waals surface area contributed by atoms with Crippen molar-refractivity contribution in [1.29, 1.82) is 0 Å². The molecule has 122 valence electrons. The second kappa shape index (κ2) is 6.87. The average Bonchev–Trinajstić information content (AvgIpc) is 3.03. The van der Waals surface area contributed by atoms with E-state index in [1.807, 2.05) is 22.7 Å². The molecule has 1 unspecified atom stereocenters. The largest absolute Gasteiger partial charge is 0.381 e. The van der Waals surface area contributed by atoms with Crippen LogP contribution in [0.2, 0.25) is 0 Å². The highest BCUT2D eigenvalue weighted by atomic mass is 16.5. The molecule has 0 fully saturated rings. The van der Waals surface area contributed by atoms with Crippen LogP contribution >= 0.6 is 0 Å². The molecular formula is C16H21N5O2. The molecule has 23 heavy (non-hydrogen) atoms. The van der Waals surface area contributed by atoms with E-state index in [4.69, 9.17) is 4.74 Å². The van der Waals surface area contributed by atoms with E-state index in [2.05, 4.69) is 22.2 Å². The summed E-state index contributed by atoms with van der Waals surface area (Å²) in [4.78, 5) is 14.5. The molecule has 0 saturated carbocycles. The second-order valence-electron chi connectivity index (χ2n) is 5.54. The van der Waals surface area contributed by atoms with Gasteiger partial charge in [0.1, 0.15) is 0 Å². The molecule has 2 aromatic rings. The molecule has 2 aromatic heterocycles. The van der Waals surface area contributed by atoms with Crippen molar-refractivity contribution in [1.82, 2.24) is 24.9 Å². The summed E-state index contributed by atoms with van der Waals surface area (Å²) in [5, 5.41) is 12.0. The minimum absolute atomic E-state index is 0.0312. The normalized spacial score (nSPS) is 17.1. The average molecular weight is 315 g/mol. The first-order valence-corrected chi connectivity index (χ1v) is 7.92. The SMILES string of the molecule is CCOCC1CN(C(=O)c2ccnnc2)Cc2cnn(CC)c21. The highest BCUT2D eigenvalue weighted by Crippen LogP contribution is 2.29. The molecule has 7 nitrogen and oxygen atoms in total. The predicted octanol–water partition coefficient (Wildman–Crippen LogP) is 1.47. The van der Waals surface area contributed by atoms with Gasteiger partial charge in [0.05, 0.1) is 36.5 Å². The zero-order valence-electron chi connectivity index (χ0n) is 13.5. The zero-order chi connectivity index (χ0) is 16.2. The van der Waals surface area contributed by atoms with Gasteiger partial charge in [0.15, 0.2) is 0 Å². The van der Waals surface area contributed by atoms with Crippen LogP contribution in [0.15, 0.2) is 24.7 Å². The fourth-order valence-electron chi connectivity index (χ4n) is 3.05. The number of hydrogen-bond acceptors (Lipinski definition) is 5. The van der Waals surface area contributed by atoms with E-state index in [1.165, 1.54) is 18.1 Å². The number of fused-ring (bicyclic) bond motifs is 1. The Hall–Kier alpha value is -2.28. The number of ether oxygens (including phenoxy) is 1. The molecule has 1 amide bonds. The lowest BCUT2D eigenvalue weighted by atomic mass is 9.96. The Bertz CT molecular complexity index is 670. The maximum atomic E-state index is 12.7. The van der Waals surface area contributed by atoms with Crippen molar-refractivity contribution in [3.8, 4) is 0 Å². The van der Waals surface area contributed by atoms with Crippen molar-refractivity contribution < 1.29 is 9.53 Å². The fourth-order valence-corrected chi connectivity index (χ4v) is 3.05. The number of amides is 1. The molecule has 0 saturated heterocycles. The van der Waals surface area contributed by atoms with Gasteiger partial charge in [0.25, 0.3) is 5.91 Å². The van der Waals surface area contributed by atoms with Crippen LogP contribution in [0.1, 0.15) is 41.4 Å². The van der Waals surface area contributed by atoms with Gasteiger partial charge in [0.2, 0.25) is 0 Å². The van der Waals surface area contributed by atoms with Gasteiger partial charge in [-0.3, -0.25) is 9.48 Å². The molecule has 0 N–H and O–H groups in total. The molecule has 3 heterocycles. The molecule has 7 heteroatoms. The standard InChI is InChI=1S/C16H21N5O2/c1-3-21-15-13(8-19-21)9-20(10-14(15)11-23-4-2)16(22)12-5-6-17-18-7-12/h5-8,14H,3-4,9-11H2,1-2H3. The van der Waals surface area contributed by atoms with E-state index in [0.717, 1.165) is 12.1 Å². The lowest BCUT2D eigenvalue weighted by molar-refractivity contribution is 0.0646. The minimum atomic E-state index is -0.0312. The summed E-state index contributed by atoms with van der Waals surface area (Å²) in [5.41, 5.74) is 2.84. The maximum absolute atomic E-state index is 12.7. The van der Waals surface area contributed by atoms with E-state index >= 15 is 0 Å². The molecule has 0 aliphatic carbocycles. The Kier molecular flexibility index (Phi) is 4.66. The topological polar surface area (TPSA) is 73.1 Å². The summed E-state index contributed by atoms with van der Waals surface area (Å²) in [6.07, 6.45) is 4.91. The van der Waals surface area contributed by atoms with Gasteiger partial charge in [0, 0.05) is 37.7 Å². The Morgan fingerprint density at radius 1 is 1.35 bits per heavy atom. The van der Waals surface area contributed by atoms with Gasteiger partial charge in [-0.25, -0.2) is 0 Å². The summed E-state index contributed by atoms with van der Waals surface area (Å²) in [5.74, 6) is 0.108. The summed E-state index contributed by atoms with van der Waals surface area (Å²) in [6, 6.07) is 1.69. The predicted molar refractivity (Wildman–Crippen MR) is 83.9 cm³/mol. The van der Waals surface area contributed by atoms with Crippen molar-refractivity contribution in [3.63, 3.8) is 0 Å². The first-order chi connectivity index (χ1) is 11.2. The molecule has 1 aliphatic heterocycles. The van der Waals surface area contributed by atoms with Crippen molar-refractivity contribution in [3.05, 3.63) is 41.5 Å². The van der Waals surface area contributed by atoms with E-state index in [-0.39, 0.29) is 11.8 Å². The van der Waals surface area contributed by atoms with Crippen LogP contribution in [0.4, 0.5) is 0 Å². The molecule has 1 atom stereocenters. The minimum Gasteiger partial charge on any atom is -0.381 e. The zero-order valence-corrected chi connectivity index (χ0v) is 13.5. The number of hydrogen-bond donors (Lipinski definition) is 0.